The second-order valence-electron chi connectivity index (χ2n) is 13.4. The summed E-state index contributed by atoms with van der Waals surface area (Å²) in [4.78, 5) is 43.0. The van der Waals surface area contributed by atoms with Crippen LogP contribution >= 0.6 is 0 Å². The largest absolute Gasteiger partial charge is 0.344 e. The number of unbranched alkanes of at least 4 members (excludes halogenated alkanes) is 2. The molecule has 0 spiro atoms. The second-order valence-corrected chi connectivity index (χ2v) is 15.0. The van der Waals surface area contributed by atoms with Crippen LogP contribution < -0.4 is 4.90 Å². The quantitative estimate of drug-likeness (QED) is 0.125. The lowest BCUT2D eigenvalue weighted by molar-refractivity contribution is -0.437. The van der Waals surface area contributed by atoms with Crippen LogP contribution in [0, 0.1) is 0 Å². The first-order chi connectivity index (χ1) is 22.2. The Balaban J connectivity index is 1.32. The number of fused-ring (bicyclic) bond motifs is 2. The van der Waals surface area contributed by atoms with E-state index in [0.29, 0.717) is 24.4 Å². The third-order valence-electron chi connectivity index (χ3n) is 9.35. The maximum absolute atomic E-state index is 12.2. The van der Waals surface area contributed by atoms with E-state index in [1.54, 1.807) is 0 Å². The number of imide groups is 1. The standard InChI is InChI=1S/C36H43N3O7S/c1-35(2)26-14-7-9-16-28(26)37(23-11-5-6-20-34(42)46-39-32(40)21-22-33(39)41)30(35)18-12-19-31-36(3,4)27-15-8-10-17-29(27)38(31)24-13-25-47(43,44)45/h7-10,12,14-19H,5-6,11,13,20-25H2,1-4H3/p+1. The third kappa shape index (κ3) is 7.26. The van der Waals surface area contributed by atoms with Crippen LogP contribution in [0.1, 0.15) is 83.8 Å². The minimum absolute atomic E-state index is 0.0743. The van der Waals surface area contributed by atoms with E-state index < -0.39 is 27.9 Å². The van der Waals surface area contributed by atoms with Crippen LogP contribution in [0.25, 0.3) is 0 Å². The van der Waals surface area contributed by atoms with Gasteiger partial charge in [-0.2, -0.15) is 13.0 Å². The first kappa shape index (κ1) is 34.3. The van der Waals surface area contributed by atoms with Gasteiger partial charge in [0.15, 0.2) is 5.71 Å². The first-order valence-electron chi connectivity index (χ1n) is 16.2. The predicted octanol–water partition coefficient (Wildman–Crippen LogP) is 5.75. The number of hydrogen-bond donors (Lipinski definition) is 1. The fourth-order valence-electron chi connectivity index (χ4n) is 6.92. The van der Waals surface area contributed by atoms with Crippen molar-refractivity contribution >= 4 is 45.0 Å². The monoisotopic (exact) mass is 662 g/mol. The third-order valence-corrected chi connectivity index (χ3v) is 10.2. The van der Waals surface area contributed by atoms with E-state index in [2.05, 4.69) is 79.7 Å². The van der Waals surface area contributed by atoms with E-state index >= 15 is 0 Å². The Morgan fingerprint density at radius 1 is 0.915 bits per heavy atom. The lowest BCUT2D eigenvalue weighted by Gasteiger charge is -2.27. The molecule has 11 heteroatoms. The van der Waals surface area contributed by atoms with Crippen molar-refractivity contribution in [1.82, 2.24) is 5.06 Å². The van der Waals surface area contributed by atoms with Crippen LogP contribution in [-0.4, -0.2) is 64.9 Å². The molecule has 10 nitrogen and oxygen atoms in total. The van der Waals surface area contributed by atoms with Crippen LogP contribution in [0.15, 0.2) is 72.5 Å². The van der Waals surface area contributed by atoms with Gasteiger partial charge in [-0.3, -0.25) is 14.1 Å². The van der Waals surface area contributed by atoms with Gasteiger partial charge in [0.1, 0.15) is 6.54 Å². The maximum atomic E-state index is 12.2. The number of benzene rings is 2. The van der Waals surface area contributed by atoms with Gasteiger partial charge in [0.25, 0.3) is 21.9 Å². The molecule has 3 heterocycles. The van der Waals surface area contributed by atoms with Gasteiger partial charge < -0.3 is 9.74 Å². The average molecular weight is 663 g/mol. The SMILES string of the molecule is CC1(C)C(/C=C/C=C2/N(CCCCCC(=O)ON3C(=O)CCC3=O)c3ccccc3C2(C)C)=[N+](CCCS(=O)(=O)O)c2ccccc21. The molecule has 2 aromatic carbocycles. The van der Waals surface area contributed by atoms with Crippen molar-refractivity contribution in [2.24, 2.45) is 0 Å². The molecule has 3 aliphatic heterocycles. The number of hydroxylamine groups is 2. The van der Waals surface area contributed by atoms with Gasteiger partial charge in [-0.15, -0.1) is 5.06 Å². The number of carbonyl (C=O) groups is 3. The van der Waals surface area contributed by atoms with Crippen LogP contribution in [-0.2, 0) is 40.2 Å². The van der Waals surface area contributed by atoms with Crippen molar-refractivity contribution in [3.8, 4) is 0 Å². The fraction of sp³-hybridized carbons (Fsp3) is 0.444. The summed E-state index contributed by atoms with van der Waals surface area (Å²) in [6.07, 6.45) is 9.08. The number of hydrogen-bond acceptors (Lipinski definition) is 7. The Labute approximate surface area is 277 Å². The van der Waals surface area contributed by atoms with Gasteiger partial charge in [0.05, 0.1) is 11.2 Å². The summed E-state index contributed by atoms with van der Waals surface area (Å²) in [5.74, 6) is -1.82. The van der Waals surface area contributed by atoms with Crippen molar-refractivity contribution < 1.29 is 36.8 Å². The molecule has 250 valence electrons. The zero-order valence-electron chi connectivity index (χ0n) is 27.6. The lowest BCUT2D eigenvalue weighted by atomic mass is 9.81. The van der Waals surface area contributed by atoms with Crippen LogP contribution in [0.3, 0.4) is 0 Å². The molecule has 2 amide bonds. The smallest absolute Gasteiger partial charge is 0.333 e. The fourth-order valence-corrected chi connectivity index (χ4v) is 7.41. The summed E-state index contributed by atoms with van der Waals surface area (Å²) >= 11 is 0. The van der Waals surface area contributed by atoms with Crippen molar-refractivity contribution in [2.45, 2.75) is 83.5 Å². The van der Waals surface area contributed by atoms with E-state index in [1.807, 2.05) is 24.3 Å². The Bertz CT molecular complexity index is 1760. The number of allylic oxidation sites excluding steroid dienone is 4. The molecular weight excluding hydrogens is 618 g/mol. The average Bonchev–Trinajstić information content (AvgIpc) is 3.52. The number of carbonyl (C=O) groups excluding carboxylic acids is 3. The summed E-state index contributed by atoms with van der Waals surface area (Å²) in [6, 6.07) is 16.5. The molecule has 1 fully saturated rings. The molecule has 0 unspecified atom stereocenters. The number of anilines is 1. The Morgan fingerprint density at radius 3 is 2.28 bits per heavy atom. The molecule has 1 saturated heterocycles. The molecule has 47 heavy (non-hydrogen) atoms. The molecule has 0 radical (unpaired) electrons. The predicted molar refractivity (Wildman–Crippen MR) is 180 cm³/mol. The molecule has 0 saturated carbocycles. The normalized spacial score (nSPS) is 19.3. The van der Waals surface area contributed by atoms with Crippen LogP contribution in [0.5, 0.6) is 0 Å². The minimum atomic E-state index is -4.06. The molecule has 1 N–H and O–H groups in total. The zero-order valence-corrected chi connectivity index (χ0v) is 28.4. The summed E-state index contributed by atoms with van der Waals surface area (Å²) < 4.78 is 34.4. The summed E-state index contributed by atoms with van der Waals surface area (Å²) in [7, 11) is -4.06. The highest BCUT2D eigenvalue weighted by Gasteiger charge is 2.44. The van der Waals surface area contributed by atoms with Gasteiger partial charge in [0, 0.05) is 66.7 Å². The van der Waals surface area contributed by atoms with Crippen LogP contribution in [0.2, 0.25) is 0 Å². The van der Waals surface area contributed by atoms with Gasteiger partial charge >= 0.3 is 5.97 Å². The zero-order chi connectivity index (χ0) is 34.0. The Morgan fingerprint density at radius 2 is 1.57 bits per heavy atom. The summed E-state index contributed by atoms with van der Waals surface area (Å²) in [6.45, 7) is 9.96. The highest BCUT2D eigenvalue weighted by atomic mass is 32.2. The molecular formula is C36H44N3O7S+. The molecule has 5 rings (SSSR count). The number of para-hydroxylation sites is 2. The van der Waals surface area contributed by atoms with E-state index in [4.69, 9.17) is 4.84 Å². The number of nitrogens with zero attached hydrogens (tertiary/aromatic N) is 3. The molecule has 0 aromatic heterocycles. The highest BCUT2D eigenvalue weighted by Crippen LogP contribution is 2.48. The maximum Gasteiger partial charge on any atom is 0.333 e. The second kappa shape index (κ2) is 13.6. The molecule has 2 aromatic rings. The van der Waals surface area contributed by atoms with Crippen molar-refractivity contribution in [3.05, 3.63) is 83.6 Å². The van der Waals surface area contributed by atoms with Gasteiger partial charge in [-0.25, -0.2) is 4.79 Å². The summed E-state index contributed by atoms with van der Waals surface area (Å²) in [5, 5.41) is 0.596. The molecule has 0 atom stereocenters. The molecule has 0 aliphatic carbocycles. The van der Waals surface area contributed by atoms with Gasteiger partial charge in [0.2, 0.25) is 5.69 Å². The number of amides is 2. The van der Waals surface area contributed by atoms with E-state index in [9.17, 15) is 27.4 Å². The molecule has 0 bridgehead atoms. The van der Waals surface area contributed by atoms with Crippen molar-refractivity contribution in [3.63, 3.8) is 0 Å². The minimum Gasteiger partial charge on any atom is -0.344 e. The Hall–Kier alpha value is -4.09. The van der Waals surface area contributed by atoms with Crippen LogP contribution in [0.4, 0.5) is 11.4 Å². The van der Waals surface area contributed by atoms with Crippen molar-refractivity contribution in [1.29, 1.82) is 0 Å². The highest BCUT2D eigenvalue weighted by molar-refractivity contribution is 7.85. The number of rotatable bonds is 13. The van der Waals surface area contributed by atoms with E-state index in [1.165, 1.54) is 5.56 Å². The lowest BCUT2D eigenvalue weighted by Crippen LogP contribution is -2.32. The van der Waals surface area contributed by atoms with Gasteiger partial charge in [-0.1, -0.05) is 62.7 Å². The Kier molecular flexibility index (Phi) is 9.88. The van der Waals surface area contributed by atoms with E-state index in [0.717, 1.165) is 47.7 Å². The first-order valence-corrected chi connectivity index (χ1v) is 17.8. The van der Waals surface area contributed by atoms with Crippen molar-refractivity contribution in [2.75, 3.05) is 23.7 Å². The summed E-state index contributed by atoms with van der Waals surface area (Å²) in [5.41, 5.74) is 6.21. The topological polar surface area (TPSA) is 124 Å². The van der Waals surface area contributed by atoms with Gasteiger partial charge in [-0.05, 0) is 44.4 Å². The molecule has 3 aliphatic rings. The van der Waals surface area contributed by atoms with E-state index in [-0.39, 0.29) is 35.8 Å².